The molecule has 0 aliphatic heterocycles. The summed E-state index contributed by atoms with van der Waals surface area (Å²) in [5.74, 6) is 0.0871. The molecule has 2 heterocycles. The summed E-state index contributed by atoms with van der Waals surface area (Å²) < 4.78 is 16.8. The van der Waals surface area contributed by atoms with Crippen LogP contribution in [0.3, 0.4) is 0 Å². The molecule has 0 unspecified atom stereocenters. The molecule has 0 saturated carbocycles. The number of anilines is 1. The lowest BCUT2D eigenvalue weighted by Crippen LogP contribution is -2.21. The lowest BCUT2D eigenvalue weighted by molar-refractivity contribution is -0.116. The second-order valence-electron chi connectivity index (χ2n) is 6.54. The molecular weight excluding hydrogens is 343 g/mol. The molecule has 2 aromatic carbocycles. The number of fused-ring (bicyclic) bond motifs is 1. The fraction of sp³-hybridized carbons (Fsp3) is 0.143. The number of hydrogen-bond acceptors (Lipinski definition) is 2. The smallest absolute Gasteiger partial charge is 0.245 e. The number of para-hydroxylation sites is 1. The van der Waals surface area contributed by atoms with Crippen LogP contribution in [-0.2, 0) is 11.3 Å². The number of aryl methyl sites for hydroxylation is 2. The van der Waals surface area contributed by atoms with Crippen molar-refractivity contribution in [2.75, 3.05) is 5.32 Å². The van der Waals surface area contributed by atoms with Gasteiger partial charge in [0.15, 0.2) is 0 Å². The van der Waals surface area contributed by atoms with E-state index in [2.05, 4.69) is 16.5 Å². The Morgan fingerprint density at radius 3 is 2.59 bits per heavy atom. The highest BCUT2D eigenvalue weighted by atomic mass is 19.1. The first-order valence-electron chi connectivity index (χ1n) is 8.68. The molecule has 27 heavy (non-hydrogen) atoms. The fourth-order valence-electron chi connectivity index (χ4n) is 3.25. The number of nitrogens with zero attached hydrogens (tertiary/aromatic N) is 3. The Labute approximate surface area is 156 Å². The second-order valence-corrected chi connectivity index (χ2v) is 6.54. The molecule has 4 aromatic rings. The van der Waals surface area contributed by atoms with Gasteiger partial charge in [-0.05, 0) is 55.6 Å². The summed E-state index contributed by atoms with van der Waals surface area (Å²) in [6, 6.07) is 17.8. The minimum atomic E-state index is -0.317. The number of nitrogens with one attached hydrogen (secondary N) is 1. The van der Waals surface area contributed by atoms with Crippen LogP contribution in [0, 0.1) is 19.7 Å². The van der Waals surface area contributed by atoms with Gasteiger partial charge in [0.25, 0.3) is 0 Å². The number of halogens is 1. The summed E-state index contributed by atoms with van der Waals surface area (Å²) in [6.07, 6.45) is 0. The minimum absolute atomic E-state index is 0.150. The van der Waals surface area contributed by atoms with Crippen LogP contribution in [0.15, 0.2) is 60.7 Å². The number of aromatic nitrogens is 3. The Morgan fingerprint density at radius 1 is 1.07 bits per heavy atom. The second kappa shape index (κ2) is 6.72. The average molecular weight is 362 g/mol. The van der Waals surface area contributed by atoms with Gasteiger partial charge in [0.05, 0.1) is 11.4 Å². The van der Waals surface area contributed by atoms with E-state index < -0.39 is 0 Å². The van der Waals surface area contributed by atoms with E-state index in [0.29, 0.717) is 11.5 Å². The van der Waals surface area contributed by atoms with E-state index in [9.17, 15) is 9.18 Å². The first-order chi connectivity index (χ1) is 13.0. The topological polar surface area (TPSA) is 51.9 Å². The first-order valence-corrected chi connectivity index (χ1v) is 8.68. The van der Waals surface area contributed by atoms with Crippen molar-refractivity contribution in [1.82, 2.24) is 14.3 Å². The van der Waals surface area contributed by atoms with Gasteiger partial charge in [0.2, 0.25) is 5.91 Å². The Hall–Kier alpha value is -3.41. The Morgan fingerprint density at radius 2 is 1.81 bits per heavy atom. The van der Waals surface area contributed by atoms with E-state index in [1.807, 2.05) is 42.7 Å². The van der Waals surface area contributed by atoms with Crippen LogP contribution in [0.25, 0.3) is 16.6 Å². The lowest BCUT2D eigenvalue weighted by atomic mass is 10.2. The van der Waals surface area contributed by atoms with Crippen molar-refractivity contribution < 1.29 is 9.18 Å². The molecule has 0 radical (unpaired) electrons. The highest BCUT2D eigenvalue weighted by Crippen LogP contribution is 2.20. The summed E-state index contributed by atoms with van der Waals surface area (Å²) in [4.78, 5) is 12.7. The van der Waals surface area contributed by atoms with E-state index in [0.717, 1.165) is 22.3 Å². The first kappa shape index (κ1) is 17.0. The SMILES string of the molecule is Cc1cc(NC(=O)Cn2c(C)cc3ccccc32)n(-c2ccc(F)cc2)n1. The zero-order valence-corrected chi connectivity index (χ0v) is 15.1. The summed E-state index contributed by atoms with van der Waals surface area (Å²) in [5, 5.41) is 8.43. The van der Waals surface area contributed by atoms with Gasteiger partial charge >= 0.3 is 0 Å². The summed E-state index contributed by atoms with van der Waals surface area (Å²) >= 11 is 0. The predicted molar refractivity (Wildman–Crippen MR) is 104 cm³/mol. The zero-order valence-electron chi connectivity index (χ0n) is 15.1. The molecule has 1 N–H and O–H groups in total. The third-order valence-corrected chi connectivity index (χ3v) is 4.49. The molecule has 0 aliphatic carbocycles. The van der Waals surface area contributed by atoms with Gasteiger partial charge in [0.1, 0.15) is 18.2 Å². The minimum Gasteiger partial charge on any atom is -0.335 e. The van der Waals surface area contributed by atoms with Gasteiger partial charge in [-0.15, -0.1) is 0 Å². The van der Waals surface area contributed by atoms with E-state index in [1.54, 1.807) is 22.9 Å². The van der Waals surface area contributed by atoms with E-state index in [4.69, 9.17) is 0 Å². The molecular formula is C21H19FN4O. The number of hydrogen-bond donors (Lipinski definition) is 1. The highest BCUT2D eigenvalue weighted by molar-refractivity contribution is 5.92. The summed E-state index contributed by atoms with van der Waals surface area (Å²) in [5.41, 5.74) is 3.49. The van der Waals surface area contributed by atoms with Crippen LogP contribution in [-0.4, -0.2) is 20.3 Å². The molecule has 5 nitrogen and oxygen atoms in total. The molecule has 0 saturated heterocycles. The van der Waals surface area contributed by atoms with Gasteiger partial charge in [-0.25, -0.2) is 9.07 Å². The molecule has 0 fully saturated rings. The van der Waals surface area contributed by atoms with Crippen LogP contribution in [0.4, 0.5) is 10.2 Å². The molecule has 4 rings (SSSR count). The molecule has 0 aliphatic rings. The number of carbonyl (C=O) groups is 1. The van der Waals surface area contributed by atoms with E-state index >= 15 is 0 Å². The molecule has 6 heteroatoms. The van der Waals surface area contributed by atoms with Crippen LogP contribution >= 0.6 is 0 Å². The number of amides is 1. The fourth-order valence-corrected chi connectivity index (χ4v) is 3.25. The third-order valence-electron chi connectivity index (χ3n) is 4.49. The van der Waals surface area contributed by atoms with Gasteiger partial charge in [-0.3, -0.25) is 4.79 Å². The quantitative estimate of drug-likeness (QED) is 0.591. The molecule has 0 spiro atoms. The maximum Gasteiger partial charge on any atom is 0.245 e. The summed E-state index contributed by atoms with van der Waals surface area (Å²) in [7, 11) is 0. The molecule has 1 amide bonds. The van der Waals surface area contributed by atoms with Crippen LogP contribution in [0.5, 0.6) is 0 Å². The van der Waals surface area contributed by atoms with Crippen molar-refractivity contribution >= 4 is 22.6 Å². The van der Waals surface area contributed by atoms with Crippen molar-refractivity contribution in [2.24, 2.45) is 0 Å². The van der Waals surface area contributed by atoms with Crippen molar-refractivity contribution in [1.29, 1.82) is 0 Å². The van der Waals surface area contributed by atoms with Gasteiger partial charge in [0, 0.05) is 17.3 Å². The third kappa shape index (κ3) is 3.33. The van der Waals surface area contributed by atoms with Crippen LogP contribution in [0.2, 0.25) is 0 Å². The Bertz CT molecular complexity index is 1130. The molecule has 0 atom stereocenters. The van der Waals surface area contributed by atoms with Gasteiger partial charge in [-0.1, -0.05) is 18.2 Å². The van der Waals surface area contributed by atoms with Crippen molar-refractivity contribution in [3.05, 3.63) is 77.9 Å². The largest absolute Gasteiger partial charge is 0.335 e. The number of benzene rings is 2. The van der Waals surface area contributed by atoms with Crippen molar-refractivity contribution in [2.45, 2.75) is 20.4 Å². The molecule has 2 aromatic heterocycles. The molecule has 136 valence electrons. The molecule has 0 bridgehead atoms. The van der Waals surface area contributed by atoms with E-state index in [1.165, 1.54) is 12.1 Å². The van der Waals surface area contributed by atoms with Crippen LogP contribution in [0.1, 0.15) is 11.4 Å². The number of rotatable bonds is 4. The normalized spacial score (nSPS) is 11.1. The van der Waals surface area contributed by atoms with Gasteiger partial charge in [-0.2, -0.15) is 5.10 Å². The standard InChI is InChI=1S/C21H19FN4O/c1-14-11-20(26(24-14)18-9-7-17(22)8-10-18)23-21(27)13-25-15(2)12-16-5-3-4-6-19(16)25/h3-12H,13H2,1-2H3,(H,23,27). The Balaban J connectivity index is 1.60. The van der Waals surface area contributed by atoms with Crippen LogP contribution < -0.4 is 5.32 Å². The maximum atomic E-state index is 13.2. The zero-order chi connectivity index (χ0) is 19.0. The predicted octanol–water partition coefficient (Wildman–Crippen LogP) is 4.22. The lowest BCUT2D eigenvalue weighted by Gasteiger charge is -2.11. The van der Waals surface area contributed by atoms with Crippen molar-refractivity contribution in [3.63, 3.8) is 0 Å². The monoisotopic (exact) mass is 362 g/mol. The summed E-state index contributed by atoms with van der Waals surface area (Å²) in [6.45, 7) is 4.03. The number of carbonyl (C=O) groups excluding carboxylic acids is 1. The van der Waals surface area contributed by atoms with Gasteiger partial charge < -0.3 is 9.88 Å². The Kier molecular flexibility index (Phi) is 4.24. The average Bonchev–Trinajstić information content (AvgIpc) is 3.15. The highest BCUT2D eigenvalue weighted by Gasteiger charge is 2.13. The maximum absolute atomic E-state index is 13.2. The van der Waals surface area contributed by atoms with Crippen molar-refractivity contribution in [3.8, 4) is 5.69 Å². The van der Waals surface area contributed by atoms with E-state index in [-0.39, 0.29) is 18.3 Å².